The summed E-state index contributed by atoms with van der Waals surface area (Å²) in [5.74, 6) is -1.82. The smallest absolute Gasteiger partial charge is 0.254 e. The lowest BCUT2D eigenvalue weighted by Gasteiger charge is -2.51. The number of rotatable bonds is 1. The van der Waals surface area contributed by atoms with Crippen molar-refractivity contribution in [3.63, 3.8) is 0 Å². The van der Waals surface area contributed by atoms with Crippen LogP contribution in [0.15, 0.2) is 0 Å². The molecule has 3 N–H and O–H groups in total. The molecule has 1 unspecified atom stereocenters. The van der Waals surface area contributed by atoms with Crippen molar-refractivity contribution >= 4 is 73.6 Å². The molecule has 0 aromatic heterocycles. The van der Waals surface area contributed by atoms with Crippen LogP contribution in [-0.4, -0.2) is 67.3 Å². The lowest BCUT2D eigenvalue weighted by atomic mass is 9.36. The van der Waals surface area contributed by atoms with Crippen molar-refractivity contribution in [3.05, 3.63) is 16.9 Å². The number of carbonyl (C=O) groups excluding carboxylic acids is 3. The third kappa shape index (κ3) is 2.12. The number of anilines is 1. The maximum Gasteiger partial charge on any atom is 0.254 e. The second-order valence-electron chi connectivity index (χ2n) is 7.73. The molecule has 1 aromatic rings. The van der Waals surface area contributed by atoms with Gasteiger partial charge in [0.1, 0.15) is 45.0 Å². The number of hydrogen-bond donors (Lipinski definition) is 2. The first kappa shape index (κ1) is 17.7. The highest BCUT2D eigenvalue weighted by molar-refractivity contribution is 6.52. The third-order valence-electron chi connectivity index (χ3n) is 5.99. The number of imide groups is 1. The molecule has 2 aliphatic heterocycles. The van der Waals surface area contributed by atoms with Gasteiger partial charge in [-0.3, -0.25) is 19.7 Å². The summed E-state index contributed by atoms with van der Waals surface area (Å²) in [7, 11) is 8.32. The SMILES string of the molecule is Bc1c(N)c2c(c(B)c1F)C(=O)N(C1(B)C(=O)NC(=O)CC1(B)B)C2. The van der Waals surface area contributed by atoms with Crippen LogP contribution in [0.3, 0.4) is 0 Å². The molecule has 2 heterocycles. The quantitative estimate of drug-likeness (QED) is 0.303. The lowest BCUT2D eigenvalue weighted by Crippen LogP contribution is -2.70. The summed E-state index contributed by atoms with van der Waals surface area (Å²) in [5, 5.41) is 1.55. The van der Waals surface area contributed by atoms with Gasteiger partial charge in [0.15, 0.2) is 0 Å². The summed E-state index contributed by atoms with van der Waals surface area (Å²) in [6.45, 7) is 0.115. The van der Waals surface area contributed by atoms with E-state index in [0.717, 1.165) is 0 Å². The zero-order valence-electron chi connectivity index (χ0n) is 15.0. The van der Waals surface area contributed by atoms with Crippen LogP contribution in [0.4, 0.5) is 10.1 Å². The van der Waals surface area contributed by atoms with E-state index in [1.807, 2.05) is 0 Å². The van der Waals surface area contributed by atoms with Gasteiger partial charge in [-0.1, -0.05) is 5.21 Å². The maximum absolute atomic E-state index is 14.4. The standard InChI is InChI=1S/C13H17B5FN3O3/c14-6-5-3(9(20)7(15)8(6)19)2-22(10(5)24)13(18)11(25)21-4(23)1-12(13,16)17/h1-2,14-18,20H2,(H,21,23,25). The molecule has 0 bridgehead atoms. The number of carbonyl (C=O) groups is 3. The van der Waals surface area contributed by atoms with E-state index in [1.54, 1.807) is 39.2 Å². The second kappa shape index (κ2) is 5.19. The van der Waals surface area contributed by atoms with Crippen LogP contribution < -0.4 is 22.0 Å². The number of halogens is 1. The predicted molar refractivity (Wildman–Crippen MR) is 106 cm³/mol. The molecular formula is C13H17B5FN3O3. The Kier molecular flexibility index (Phi) is 3.67. The topological polar surface area (TPSA) is 92.5 Å². The Labute approximate surface area is 149 Å². The summed E-state index contributed by atoms with van der Waals surface area (Å²) >= 11 is 0. The van der Waals surface area contributed by atoms with E-state index in [-0.39, 0.29) is 35.6 Å². The van der Waals surface area contributed by atoms with Crippen LogP contribution in [-0.2, 0) is 16.1 Å². The number of nitrogen functional groups attached to an aromatic ring is 1. The molecule has 124 valence electrons. The average Bonchev–Trinajstić information content (AvgIpc) is 2.86. The summed E-state index contributed by atoms with van der Waals surface area (Å²) in [6, 6.07) is 0. The average molecular weight is 336 g/mol. The summed E-state index contributed by atoms with van der Waals surface area (Å²) < 4.78 is 14.4. The normalized spacial score (nSPS) is 25.0. The zero-order chi connectivity index (χ0) is 18.9. The minimum Gasteiger partial charge on any atom is -0.399 e. The molecule has 2 aliphatic rings. The number of fused-ring (bicyclic) bond motifs is 1. The van der Waals surface area contributed by atoms with E-state index in [2.05, 4.69) is 5.32 Å². The van der Waals surface area contributed by atoms with Gasteiger partial charge in [-0.15, -0.1) is 0 Å². The van der Waals surface area contributed by atoms with E-state index in [1.165, 1.54) is 4.90 Å². The molecule has 0 aliphatic carbocycles. The van der Waals surface area contributed by atoms with Crippen molar-refractivity contribution in [1.82, 2.24) is 10.2 Å². The summed E-state index contributed by atoms with van der Waals surface area (Å²) in [5.41, 5.74) is 6.35. The summed E-state index contributed by atoms with van der Waals surface area (Å²) in [4.78, 5) is 39.0. The van der Waals surface area contributed by atoms with Crippen molar-refractivity contribution in [3.8, 4) is 0 Å². The monoisotopic (exact) mass is 337 g/mol. The van der Waals surface area contributed by atoms with E-state index in [4.69, 9.17) is 5.73 Å². The second-order valence-corrected chi connectivity index (χ2v) is 7.73. The molecule has 1 aromatic carbocycles. The fraction of sp³-hybridized carbons (Fsp3) is 0.308. The van der Waals surface area contributed by atoms with Crippen molar-refractivity contribution in [2.75, 3.05) is 5.73 Å². The van der Waals surface area contributed by atoms with Gasteiger partial charge in [0.05, 0.1) is 5.44 Å². The van der Waals surface area contributed by atoms with Gasteiger partial charge in [0.25, 0.3) is 5.91 Å². The highest BCUT2D eigenvalue weighted by Gasteiger charge is 2.58. The van der Waals surface area contributed by atoms with Gasteiger partial charge in [-0.2, -0.15) is 0 Å². The van der Waals surface area contributed by atoms with Crippen LogP contribution in [0.2, 0.25) is 5.21 Å². The number of hydrogen-bond acceptors (Lipinski definition) is 4. The number of amides is 3. The molecule has 0 saturated carbocycles. The number of benzene rings is 1. The van der Waals surface area contributed by atoms with Gasteiger partial charge in [0.2, 0.25) is 11.8 Å². The fourth-order valence-corrected chi connectivity index (χ4v) is 3.94. The first-order valence-electron chi connectivity index (χ1n) is 8.16. The van der Waals surface area contributed by atoms with Crippen molar-refractivity contribution in [2.45, 2.75) is 23.6 Å². The van der Waals surface area contributed by atoms with Crippen LogP contribution >= 0.6 is 0 Å². The zero-order valence-corrected chi connectivity index (χ0v) is 15.0. The van der Waals surface area contributed by atoms with Gasteiger partial charge in [0, 0.05) is 29.8 Å². The Morgan fingerprint density at radius 1 is 1.12 bits per heavy atom. The van der Waals surface area contributed by atoms with Crippen LogP contribution in [0.25, 0.3) is 0 Å². The molecule has 1 fully saturated rings. The van der Waals surface area contributed by atoms with Crippen LogP contribution in [0.5, 0.6) is 0 Å². The maximum atomic E-state index is 14.4. The Balaban J connectivity index is 2.17. The van der Waals surface area contributed by atoms with Crippen LogP contribution in [0, 0.1) is 5.82 Å². The van der Waals surface area contributed by atoms with E-state index < -0.39 is 28.3 Å². The van der Waals surface area contributed by atoms with Crippen molar-refractivity contribution in [2.24, 2.45) is 0 Å². The van der Waals surface area contributed by atoms with E-state index >= 15 is 0 Å². The largest absolute Gasteiger partial charge is 0.399 e. The number of piperidine rings is 1. The fourth-order valence-electron chi connectivity index (χ4n) is 3.94. The minimum atomic E-state index is -1.25. The molecule has 12 heteroatoms. The number of nitrogens with one attached hydrogen (secondary N) is 1. The number of nitrogens with zero attached hydrogens (tertiary/aromatic N) is 1. The van der Waals surface area contributed by atoms with Crippen molar-refractivity contribution < 1.29 is 18.8 Å². The third-order valence-corrected chi connectivity index (χ3v) is 5.99. The molecule has 1 atom stereocenters. The molecule has 0 spiro atoms. The molecule has 6 nitrogen and oxygen atoms in total. The molecular weight excluding hydrogens is 319 g/mol. The Morgan fingerprint density at radius 2 is 1.72 bits per heavy atom. The van der Waals surface area contributed by atoms with Crippen LogP contribution in [0.1, 0.15) is 22.3 Å². The van der Waals surface area contributed by atoms with Gasteiger partial charge in [-0.25, -0.2) is 4.39 Å². The summed E-state index contributed by atoms with van der Waals surface area (Å²) in [6.07, 6.45) is 0.108. The Hall–Kier alpha value is -2.12. The highest BCUT2D eigenvalue weighted by Crippen LogP contribution is 2.44. The first-order valence-corrected chi connectivity index (χ1v) is 8.16. The predicted octanol–water partition coefficient (Wildman–Crippen LogP) is -6.36. The minimum absolute atomic E-state index is 0.108. The highest BCUT2D eigenvalue weighted by atomic mass is 19.1. The molecule has 25 heavy (non-hydrogen) atoms. The van der Waals surface area contributed by atoms with Gasteiger partial charge in [-0.05, 0) is 10.9 Å². The molecule has 3 amide bonds. The van der Waals surface area contributed by atoms with Gasteiger partial charge >= 0.3 is 0 Å². The molecule has 1 saturated heterocycles. The first-order chi connectivity index (χ1) is 11.4. The molecule has 0 radical (unpaired) electrons. The Morgan fingerprint density at radius 3 is 2.28 bits per heavy atom. The van der Waals surface area contributed by atoms with Gasteiger partial charge < -0.3 is 10.6 Å². The lowest BCUT2D eigenvalue weighted by molar-refractivity contribution is -0.139. The number of nitrogens with two attached hydrogens (primary N) is 1. The van der Waals surface area contributed by atoms with E-state index in [9.17, 15) is 18.8 Å². The molecule has 3 rings (SSSR count). The van der Waals surface area contributed by atoms with E-state index in [0.29, 0.717) is 11.0 Å². The Bertz CT molecular complexity index is 862. The van der Waals surface area contributed by atoms with Crippen molar-refractivity contribution in [1.29, 1.82) is 0 Å².